The second-order valence-corrected chi connectivity index (χ2v) is 3.05. The summed E-state index contributed by atoms with van der Waals surface area (Å²) in [5.74, 6) is 0. The summed E-state index contributed by atoms with van der Waals surface area (Å²) < 4.78 is 2.24. The summed E-state index contributed by atoms with van der Waals surface area (Å²) in [5.41, 5.74) is 2.75. The number of pyridine rings is 1. The van der Waals surface area contributed by atoms with Crippen LogP contribution in [0.2, 0.25) is 0 Å². The molecule has 0 spiro atoms. The van der Waals surface area contributed by atoms with Gasteiger partial charge in [0.25, 0.3) is 0 Å². The number of nitrogens with zero attached hydrogens (tertiary/aromatic N) is 1. The van der Waals surface area contributed by atoms with Gasteiger partial charge in [0.05, 0.1) is 0 Å². The van der Waals surface area contributed by atoms with E-state index in [1.807, 2.05) is 0 Å². The molecule has 1 rings (SSSR count). The molecule has 0 unspecified atom stereocenters. The molecule has 0 saturated heterocycles. The molecular formula is C10H16N+. The van der Waals surface area contributed by atoms with Gasteiger partial charge in [-0.2, -0.15) is 0 Å². The molecule has 1 aromatic heterocycles. The third-order valence-corrected chi connectivity index (χ3v) is 1.98. The second kappa shape index (κ2) is 3.51. The zero-order valence-corrected chi connectivity index (χ0v) is 7.59. The van der Waals surface area contributed by atoms with Crippen LogP contribution in [0.4, 0.5) is 0 Å². The van der Waals surface area contributed by atoms with Gasteiger partial charge in [-0.05, 0) is 19.4 Å². The Morgan fingerprint density at radius 1 is 1.27 bits per heavy atom. The Morgan fingerprint density at radius 2 is 2.00 bits per heavy atom. The van der Waals surface area contributed by atoms with Gasteiger partial charge < -0.3 is 0 Å². The molecule has 1 aromatic rings. The maximum Gasteiger partial charge on any atom is 0.171 e. The van der Waals surface area contributed by atoms with Crippen molar-refractivity contribution < 1.29 is 4.57 Å². The minimum atomic E-state index is 1.13. The van der Waals surface area contributed by atoms with Gasteiger partial charge in [0.15, 0.2) is 12.4 Å². The summed E-state index contributed by atoms with van der Waals surface area (Å²) >= 11 is 0. The van der Waals surface area contributed by atoms with Crippen LogP contribution in [0.3, 0.4) is 0 Å². The first-order chi connectivity index (χ1) is 5.24. The van der Waals surface area contributed by atoms with Crippen molar-refractivity contribution in [2.24, 2.45) is 0 Å². The van der Waals surface area contributed by atoms with Gasteiger partial charge >= 0.3 is 0 Å². The zero-order chi connectivity index (χ0) is 8.27. The van der Waals surface area contributed by atoms with Crippen LogP contribution in [0.1, 0.15) is 24.5 Å². The topological polar surface area (TPSA) is 3.88 Å². The minimum Gasteiger partial charge on any atom is -0.205 e. The monoisotopic (exact) mass is 150 g/mol. The highest BCUT2D eigenvalue weighted by Gasteiger charge is 1.99. The summed E-state index contributed by atoms with van der Waals surface area (Å²) in [4.78, 5) is 0. The third-order valence-electron chi connectivity index (χ3n) is 1.98. The van der Waals surface area contributed by atoms with Crippen LogP contribution in [0.15, 0.2) is 18.5 Å². The minimum absolute atomic E-state index is 1.13. The van der Waals surface area contributed by atoms with E-state index in [-0.39, 0.29) is 0 Å². The second-order valence-electron chi connectivity index (χ2n) is 3.05. The van der Waals surface area contributed by atoms with E-state index in [1.54, 1.807) is 0 Å². The lowest BCUT2D eigenvalue weighted by Crippen LogP contribution is -2.32. The van der Waals surface area contributed by atoms with Crippen molar-refractivity contribution in [3.63, 3.8) is 0 Å². The predicted octanol–water partition coefficient (Wildman–Crippen LogP) is 2.00. The van der Waals surface area contributed by atoms with Gasteiger partial charge in [0.1, 0.15) is 6.54 Å². The van der Waals surface area contributed by atoms with Crippen LogP contribution >= 0.6 is 0 Å². The van der Waals surface area contributed by atoms with Crippen molar-refractivity contribution in [2.45, 2.75) is 33.7 Å². The highest BCUT2D eigenvalue weighted by molar-refractivity contribution is 5.16. The molecule has 0 aromatic carbocycles. The quantitative estimate of drug-likeness (QED) is 0.568. The fourth-order valence-electron chi connectivity index (χ4n) is 1.13. The maximum atomic E-state index is 2.24. The molecule has 1 heteroatoms. The first kappa shape index (κ1) is 8.25. The molecule has 60 valence electrons. The van der Waals surface area contributed by atoms with Crippen molar-refractivity contribution in [1.82, 2.24) is 0 Å². The van der Waals surface area contributed by atoms with E-state index in [0.29, 0.717) is 0 Å². The highest BCUT2D eigenvalue weighted by Crippen LogP contribution is 2.00. The fourth-order valence-corrected chi connectivity index (χ4v) is 1.13. The largest absolute Gasteiger partial charge is 0.205 e. The Labute approximate surface area is 68.7 Å². The molecule has 0 aliphatic carbocycles. The SMILES string of the molecule is CCC[n+]1ccc(C)c(C)c1. The number of aromatic nitrogens is 1. The van der Waals surface area contributed by atoms with Crippen molar-refractivity contribution in [3.8, 4) is 0 Å². The van der Waals surface area contributed by atoms with E-state index in [1.165, 1.54) is 17.5 Å². The summed E-state index contributed by atoms with van der Waals surface area (Å²) in [5, 5.41) is 0. The van der Waals surface area contributed by atoms with E-state index in [4.69, 9.17) is 0 Å². The molecule has 1 nitrogen and oxygen atoms in total. The molecule has 1 heterocycles. The fraction of sp³-hybridized carbons (Fsp3) is 0.500. The van der Waals surface area contributed by atoms with Crippen molar-refractivity contribution in [2.75, 3.05) is 0 Å². The molecular weight excluding hydrogens is 134 g/mol. The van der Waals surface area contributed by atoms with Crippen LogP contribution in [0.5, 0.6) is 0 Å². The Kier molecular flexibility index (Phi) is 2.64. The molecule has 0 atom stereocenters. The predicted molar refractivity (Wildman–Crippen MR) is 46.4 cm³/mol. The van der Waals surface area contributed by atoms with Crippen molar-refractivity contribution in [3.05, 3.63) is 29.6 Å². The lowest BCUT2D eigenvalue weighted by molar-refractivity contribution is -0.697. The van der Waals surface area contributed by atoms with Gasteiger partial charge in [-0.15, -0.1) is 0 Å². The zero-order valence-electron chi connectivity index (χ0n) is 7.59. The maximum absolute atomic E-state index is 2.24. The van der Waals surface area contributed by atoms with Gasteiger partial charge in [0.2, 0.25) is 0 Å². The van der Waals surface area contributed by atoms with Crippen LogP contribution < -0.4 is 4.57 Å². The molecule has 0 aliphatic rings. The molecule has 0 radical (unpaired) electrons. The van der Waals surface area contributed by atoms with Gasteiger partial charge in [0, 0.05) is 18.1 Å². The summed E-state index contributed by atoms with van der Waals surface area (Å²) in [6.07, 6.45) is 5.55. The van der Waals surface area contributed by atoms with E-state index in [2.05, 4.69) is 43.8 Å². The Balaban J connectivity index is 2.86. The van der Waals surface area contributed by atoms with Crippen LogP contribution in [0, 0.1) is 13.8 Å². The average molecular weight is 150 g/mol. The Bertz CT molecular complexity index is 241. The molecule has 11 heavy (non-hydrogen) atoms. The first-order valence-electron chi connectivity index (χ1n) is 4.20. The van der Waals surface area contributed by atoms with Gasteiger partial charge in [-0.1, -0.05) is 6.92 Å². The smallest absolute Gasteiger partial charge is 0.171 e. The van der Waals surface area contributed by atoms with Crippen LogP contribution in [-0.2, 0) is 6.54 Å². The first-order valence-corrected chi connectivity index (χ1v) is 4.20. The van der Waals surface area contributed by atoms with Crippen LogP contribution in [-0.4, -0.2) is 0 Å². The standard InChI is InChI=1S/C10H16N/c1-4-6-11-7-5-9(2)10(3)8-11/h5,7-8H,4,6H2,1-3H3/q+1. The molecule has 0 aliphatic heterocycles. The number of hydrogen-bond donors (Lipinski definition) is 0. The van der Waals surface area contributed by atoms with E-state index < -0.39 is 0 Å². The number of rotatable bonds is 2. The lowest BCUT2D eigenvalue weighted by atomic mass is 10.2. The highest BCUT2D eigenvalue weighted by atomic mass is 14.9. The number of hydrogen-bond acceptors (Lipinski definition) is 0. The van der Waals surface area contributed by atoms with E-state index >= 15 is 0 Å². The van der Waals surface area contributed by atoms with Crippen molar-refractivity contribution >= 4 is 0 Å². The van der Waals surface area contributed by atoms with E-state index in [0.717, 1.165) is 6.54 Å². The van der Waals surface area contributed by atoms with Crippen molar-refractivity contribution in [1.29, 1.82) is 0 Å². The van der Waals surface area contributed by atoms with Gasteiger partial charge in [-0.25, -0.2) is 4.57 Å². The Hall–Kier alpha value is -0.850. The molecule has 0 bridgehead atoms. The molecule has 0 fully saturated rings. The average Bonchev–Trinajstić information content (AvgIpc) is 1.98. The normalized spacial score (nSPS) is 10.1. The number of aryl methyl sites for hydroxylation is 3. The summed E-state index contributed by atoms with van der Waals surface area (Å²) in [6.45, 7) is 7.62. The van der Waals surface area contributed by atoms with Gasteiger partial charge in [-0.3, -0.25) is 0 Å². The molecule has 0 N–H and O–H groups in total. The summed E-state index contributed by atoms with van der Waals surface area (Å²) in [6, 6.07) is 2.17. The lowest BCUT2D eigenvalue weighted by Gasteiger charge is -1.97. The van der Waals surface area contributed by atoms with E-state index in [9.17, 15) is 0 Å². The molecule has 0 saturated carbocycles. The third kappa shape index (κ3) is 2.04. The van der Waals surface area contributed by atoms with Crippen LogP contribution in [0.25, 0.3) is 0 Å². The Morgan fingerprint density at radius 3 is 2.55 bits per heavy atom. The molecule has 0 amide bonds. The summed E-state index contributed by atoms with van der Waals surface area (Å²) in [7, 11) is 0.